The number of likely N-dealkylation sites (N-methyl/N-ethyl adjacent to an activating group) is 1. The monoisotopic (exact) mass is 253 g/mol. The van der Waals surface area contributed by atoms with E-state index in [0.717, 1.165) is 16.3 Å². The normalized spacial score (nSPS) is 11.4. The number of nitrogens with one attached hydrogen (secondary N) is 1. The van der Waals surface area contributed by atoms with Gasteiger partial charge in [0.05, 0.1) is 0 Å². The van der Waals surface area contributed by atoms with Crippen molar-refractivity contribution in [3.63, 3.8) is 0 Å². The number of hydrogen-bond donors (Lipinski definition) is 2. The first-order valence-electron chi connectivity index (χ1n) is 5.45. The van der Waals surface area contributed by atoms with Gasteiger partial charge in [0.15, 0.2) is 0 Å². The number of carbonyl (C=O) groups excluding carboxylic acids is 1. The summed E-state index contributed by atoms with van der Waals surface area (Å²) in [5, 5.41) is 13.6. The number of hydrogen-bond acceptors (Lipinski definition) is 4. The number of nitrogens with zero attached hydrogens (tertiary/aromatic N) is 2. The van der Waals surface area contributed by atoms with Gasteiger partial charge in [-0.25, -0.2) is 9.40 Å². The predicted molar refractivity (Wildman–Crippen MR) is 65.8 cm³/mol. The van der Waals surface area contributed by atoms with Gasteiger partial charge in [-0.15, -0.1) is 0 Å². The molecule has 1 aromatic rings. The van der Waals surface area contributed by atoms with E-state index in [1.54, 1.807) is 24.5 Å². The summed E-state index contributed by atoms with van der Waals surface area (Å²) in [6.45, 7) is 1.59. The molecular weight excluding hydrogens is 237 g/mol. The van der Waals surface area contributed by atoms with Crippen LogP contribution in [0.2, 0.25) is 0 Å². The lowest BCUT2D eigenvalue weighted by Gasteiger charge is -2.12. The van der Waals surface area contributed by atoms with E-state index in [1.165, 1.54) is 19.2 Å². The predicted octanol–water partition coefficient (Wildman–Crippen LogP) is 1.18. The summed E-state index contributed by atoms with van der Waals surface area (Å²) in [5.41, 5.74) is 3.41. The van der Waals surface area contributed by atoms with Gasteiger partial charge in [-0.05, 0) is 24.6 Å². The molecule has 6 heteroatoms. The molecule has 0 aliphatic rings. The second-order valence-electron chi connectivity index (χ2n) is 3.89. The summed E-state index contributed by atoms with van der Waals surface area (Å²) in [4.78, 5) is 11.3. The molecule has 0 atom stereocenters. The molecule has 0 heterocycles. The van der Waals surface area contributed by atoms with Crippen molar-refractivity contribution in [1.29, 1.82) is 0 Å². The van der Waals surface area contributed by atoms with E-state index >= 15 is 0 Å². The van der Waals surface area contributed by atoms with Gasteiger partial charge in [-0.3, -0.25) is 4.79 Å². The van der Waals surface area contributed by atoms with E-state index in [-0.39, 0.29) is 18.3 Å². The van der Waals surface area contributed by atoms with Crippen LogP contribution in [0, 0.1) is 5.82 Å². The van der Waals surface area contributed by atoms with Gasteiger partial charge in [0.25, 0.3) is 5.91 Å². The van der Waals surface area contributed by atoms with E-state index in [9.17, 15) is 9.18 Å². The molecule has 0 spiro atoms. The van der Waals surface area contributed by atoms with Crippen molar-refractivity contribution >= 4 is 11.6 Å². The fourth-order valence-corrected chi connectivity index (χ4v) is 1.43. The van der Waals surface area contributed by atoms with Crippen molar-refractivity contribution in [2.75, 3.05) is 13.6 Å². The van der Waals surface area contributed by atoms with Crippen LogP contribution in [0.25, 0.3) is 0 Å². The van der Waals surface area contributed by atoms with E-state index < -0.39 is 0 Å². The van der Waals surface area contributed by atoms with Gasteiger partial charge >= 0.3 is 0 Å². The standard InChI is InChI=1S/C12H16FN3O2/c1-9(15-16(2)12(17)8-14-18)7-10-3-5-11(13)6-4-10/h3-6,14,18H,7-8H2,1-2H3/b15-9-. The molecule has 98 valence electrons. The van der Waals surface area contributed by atoms with Crippen molar-refractivity contribution in [1.82, 2.24) is 10.5 Å². The van der Waals surface area contributed by atoms with Crippen LogP contribution in [-0.2, 0) is 11.2 Å². The molecule has 2 N–H and O–H groups in total. The highest BCUT2D eigenvalue weighted by atomic mass is 19.1. The Bertz CT molecular complexity index is 431. The van der Waals surface area contributed by atoms with Crippen LogP contribution in [0.5, 0.6) is 0 Å². The van der Waals surface area contributed by atoms with E-state index in [0.29, 0.717) is 6.42 Å². The number of amides is 1. The molecule has 0 radical (unpaired) electrons. The fraction of sp³-hybridized carbons (Fsp3) is 0.333. The van der Waals surface area contributed by atoms with Crippen LogP contribution in [0.3, 0.4) is 0 Å². The molecule has 0 fully saturated rings. The first kappa shape index (κ1) is 14.3. The highest BCUT2D eigenvalue weighted by Gasteiger charge is 2.06. The second kappa shape index (κ2) is 6.83. The molecule has 0 aromatic heterocycles. The molecule has 0 saturated heterocycles. The van der Waals surface area contributed by atoms with Gasteiger partial charge < -0.3 is 5.21 Å². The Hall–Kier alpha value is -1.79. The topological polar surface area (TPSA) is 64.9 Å². The Morgan fingerprint density at radius 2 is 2.06 bits per heavy atom. The minimum atomic E-state index is -0.351. The van der Waals surface area contributed by atoms with Gasteiger partial charge in [0.1, 0.15) is 12.4 Å². The third kappa shape index (κ3) is 4.60. The lowest BCUT2D eigenvalue weighted by molar-refractivity contribution is -0.130. The van der Waals surface area contributed by atoms with Crippen LogP contribution in [0.1, 0.15) is 12.5 Å². The minimum absolute atomic E-state index is 0.191. The Balaban J connectivity index is 2.61. The number of halogens is 1. The molecule has 18 heavy (non-hydrogen) atoms. The Labute approximate surface area is 105 Å². The highest BCUT2D eigenvalue weighted by molar-refractivity contribution is 5.86. The Morgan fingerprint density at radius 1 is 1.44 bits per heavy atom. The van der Waals surface area contributed by atoms with Crippen molar-refractivity contribution in [3.8, 4) is 0 Å². The maximum absolute atomic E-state index is 12.7. The fourth-order valence-electron chi connectivity index (χ4n) is 1.43. The zero-order valence-corrected chi connectivity index (χ0v) is 10.4. The molecule has 0 aliphatic carbocycles. The Morgan fingerprint density at radius 3 is 2.61 bits per heavy atom. The lowest BCUT2D eigenvalue weighted by Crippen LogP contribution is -2.31. The second-order valence-corrected chi connectivity index (χ2v) is 3.89. The average Bonchev–Trinajstić information content (AvgIpc) is 2.32. The number of hydroxylamine groups is 1. The molecule has 0 unspecified atom stereocenters. The molecule has 1 amide bonds. The van der Waals surface area contributed by atoms with Crippen molar-refractivity contribution in [2.45, 2.75) is 13.3 Å². The van der Waals surface area contributed by atoms with Gasteiger partial charge in [-0.2, -0.15) is 10.6 Å². The summed E-state index contributed by atoms with van der Waals surface area (Å²) in [5.74, 6) is -0.634. The van der Waals surface area contributed by atoms with Crippen molar-refractivity contribution in [3.05, 3.63) is 35.6 Å². The largest absolute Gasteiger partial charge is 0.316 e. The third-order valence-electron chi connectivity index (χ3n) is 2.29. The molecule has 1 rings (SSSR count). The summed E-state index contributed by atoms with van der Waals surface area (Å²) < 4.78 is 12.7. The van der Waals surface area contributed by atoms with Gasteiger partial charge in [-0.1, -0.05) is 12.1 Å². The smallest absolute Gasteiger partial charge is 0.258 e. The van der Waals surface area contributed by atoms with Crippen LogP contribution in [-0.4, -0.2) is 35.4 Å². The molecular formula is C12H16FN3O2. The first-order chi connectivity index (χ1) is 8.52. The van der Waals surface area contributed by atoms with Crippen LogP contribution >= 0.6 is 0 Å². The molecule has 0 aliphatic heterocycles. The van der Waals surface area contributed by atoms with E-state index in [1.807, 2.05) is 0 Å². The summed E-state index contributed by atoms with van der Waals surface area (Å²) in [6, 6.07) is 6.11. The minimum Gasteiger partial charge on any atom is -0.316 e. The zero-order chi connectivity index (χ0) is 13.5. The van der Waals surface area contributed by atoms with E-state index in [4.69, 9.17) is 5.21 Å². The Kier molecular flexibility index (Phi) is 5.41. The van der Waals surface area contributed by atoms with Crippen molar-refractivity contribution in [2.24, 2.45) is 5.10 Å². The van der Waals surface area contributed by atoms with Crippen molar-refractivity contribution < 1.29 is 14.4 Å². The number of benzene rings is 1. The highest BCUT2D eigenvalue weighted by Crippen LogP contribution is 2.04. The number of rotatable bonds is 5. The lowest BCUT2D eigenvalue weighted by atomic mass is 10.1. The quantitative estimate of drug-likeness (QED) is 0.612. The van der Waals surface area contributed by atoms with Gasteiger partial charge in [0.2, 0.25) is 0 Å². The molecule has 1 aromatic carbocycles. The zero-order valence-electron chi connectivity index (χ0n) is 10.4. The molecule has 0 bridgehead atoms. The van der Waals surface area contributed by atoms with E-state index in [2.05, 4.69) is 5.10 Å². The number of carbonyl (C=O) groups is 1. The average molecular weight is 253 g/mol. The summed E-state index contributed by atoms with van der Waals surface area (Å²) >= 11 is 0. The van der Waals surface area contributed by atoms with Crippen LogP contribution in [0.4, 0.5) is 4.39 Å². The molecule has 0 saturated carbocycles. The first-order valence-corrected chi connectivity index (χ1v) is 5.45. The van der Waals surface area contributed by atoms with Crippen LogP contribution in [0.15, 0.2) is 29.4 Å². The SMILES string of the molecule is C/C(Cc1ccc(F)cc1)=N/N(C)C(=O)CNO. The molecule has 5 nitrogen and oxygen atoms in total. The third-order valence-corrected chi connectivity index (χ3v) is 2.29. The maximum Gasteiger partial charge on any atom is 0.258 e. The van der Waals surface area contributed by atoms with Crippen LogP contribution < -0.4 is 5.48 Å². The van der Waals surface area contributed by atoms with Gasteiger partial charge in [0, 0.05) is 19.2 Å². The number of hydrazone groups is 1. The maximum atomic E-state index is 12.7. The summed E-state index contributed by atoms with van der Waals surface area (Å²) in [7, 11) is 1.51. The summed E-state index contributed by atoms with van der Waals surface area (Å²) in [6.07, 6.45) is 0.532.